The fourth-order valence-electron chi connectivity index (χ4n) is 2.80. The third kappa shape index (κ3) is 6.73. The zero-order valence-electron chi connectivity index (χ0n) is 16.8. The number of nitriles is 1. The minimum absolute atomic E-state index is 0.161. The van der Waals surface area contributed by atoms with Crippen LogP contribution >= 0.6 is 19.4 Å². The van der Waals surface area contributed by atoms with Gasteiger partial charge in [-0.1, -0.05) is 19.1 Å². The SMILES string of the molecule is CCOP(=O)(Cc1ccc(C(=O)Nc2ccc(SC#N)cc2CC)cc1)OCC. The second-order valence-corrected chi connectivity index (χ2v) is 9.03. The largest absolute Gasteiger partial charge is 0.335 e. The van der Waals surface area contributed by atoms with Gasteiger partial charge in [-0.3, -0.25) is 9.36 Å². The second kappa shape index (κ2) is 11.2. The van der Waals surface area contributed by atoms with Crippen LogP contribution in [0.2, 0.25) is 0 Å². The number of anilines is 1. The number of thiocyanates is 1. The molecule has 0 unspecified atom stereocenters. The summed E-state index contributed by atoms with van der Waals surface area (Å²) < 4.78 is 23.3. The van der Waals surface area contributed by atoms with E-state index in [2.05, 4.69) is 5.32 Å². The van der Waals surface area contributed by atoms with Crippen molar-refractivity contribution in [1.29, 1.82) is 5.26 Å². The summed E-state index contributed by atoms with van der Waals surface area (Å²) in [5.74, 6) is -0.232. The van der Waals surface area contributed by atoms with Crippen molar-refractivity contribution in [3.63, 3.8) is 0 Å². The summed E-state index contributed by atoms with van der Waals surface area (Å²) in [6, 6.07) is 12.4. The standard InChI is InChI=1S/C21H25N2O4PS/c1-4-17-13-19(29-15-22)11-12-20(17)23-21(24)18-9-7-16(8-10-18)14-28(25,26-5-2)27-6-3/h7-13H,4-6,14H2,1-3H3,(H,23,24). The van der Waals surface area contributed by atoms with Crippen molar-refractivity contribution in [2.45, 2.75) is 38.2 Å². The Morgan fingerprint density at radius 2 is 1.76 bits per heavy atom. The molecule has 0 aliphatic rings. The summed E-state index contributed by atoms with van der Waals surface area (Å²) in [5, 5.41) is 13.8. The molecule has 0 aliphatic carbocycles. The van der Waals surface area contributed by atoms with E-state index in [-0.39, 0.29) is 12.1 Å². The Balaban J connectivity index is 2.11. The van der Waals surface area contributed by atoms with Gasteiger partial charge in [-0.05, 0) is 73.5 Å². The Labute approximate surface area is 176 Å². The van der Waals surface area contributed by atoms with Crippen LogP contribution in [0.1, 0.15) is 42.3 Å². The van der Waals surface area contributed by atoms with Gasteiger partial charge in [-0.25, -0.2) is 0 Å². The summed E-state index contributed by atoms with van der Waals surface area (Å²) in [6.07, 6.45) is 0.896. The highest BCUT2D eigenvalue weighted by Gasteiger charge is 2.24. The number of carbonyl (C=O) groups excluding carboxylic acids is 1. The predicted octanol–water partition coefficient (Wildman–Crippen LogP) is 5.84. The molecule has 2 aromatic carbocycles. The molecular weight excluding hydrogens is 407 g/mol. The Morgan fingerprint density at radius 3 is 2.31 bits per heavy atom. The van der Waals surface area contributed by atoms with Crippen LogP contribution in [0.3, 0.4) is 0 Å². The zero-order valence-corrected chi connectivity index (χ0v) is 18.5. The number of hydrogen-bond donors (Lipinski definition) is 1. The van der Waals surface area contributed by atoms with Crippen molar-refractivity contribution in [2.75, 3.05) is 18.5 Å². The summed E-state index contributed by atoms with van der Waals surface area (Å²) in [7, 11) is -3.18. The third-order valence-electron chi connectivity index (χ3n) is 4.11. The van der Waals surface area contributed by atoms with Crippen LogP contribution in [-0.2, 0) is 26.2 Å². The van der Waals surface area contributed by atoms with Gasteiger partial charge in [0.15, 0.2) is 0 Å². The molecule has 0 atom stereocenters. The molecule has 2 rings (SSSR count). The fraction of sp³-hybridized carbons (Fsp3) is 0.333. The highest BCUT2D eigenvalue weighted by atomic mass is 32.2. The molecule has 1 N–H and O–H groups in total. The van der Waals surface area contributed by atoms with Gasteiger partial charge in [0.25, 0.3) is 5.91 Å². The number of benzene rings is 2. The van der Waals surface area contributed by atoms with Gasteiger partial charge >= 0.3 is 7.60 Å². The van der Waals surface area contributed by atoms with E-state index in [1.807, 2.05) is 30.5 Å². The van der Waals surface area contributed by atoms with Gasteiger partial charge in [-0.2, -0.15) is 5.26 Å². The molecule has 0 spiro atoms. The van der Waals surface area contributed by atoms with E-state index in [1.54, 1.807) is 38.1 Å². The molecule has 0 bridgehead atoms. The number of nitrogens with one attached hydrogen (secondary N) is 1. The predicted molar refractivity (Wildman–Crippen MR) is 116 cm³/mol. The lowest BCUT2D eigenvalue weighted by Crippen LogP contribution is -2.13. The molecule has 0 saturated heterocycles. The Bertz CT molecular complexity index is 915. The summed E-state index contributed by atoms with van der Waals surface area (Å²) >= 11 is 1.09. The van der Waals surface area contributed by atoms with Crippen molar-refractivity contribution < 1.29 is 18.4 Å². The number of nitrogens with zero attached hydrogens (tertiary/aromatic N) is 1. The minimum Gasteiger partial charge on any atom is -0.322 e. The molecule has 0 saturated carbocycles. The number of thioether (sulfide) groups is 1. The number of rotatable bonds is 10. The van der Waals surface area contributed by atoms with Gasteiger partial charge < -0.3 is 14.4 Å². The average Bonchev–Trinajstić information content (AvgIpc) is 2.70. The highest BCUT2D eigenvalue weighted by Crippen LogP contribution is 2.51. The first-order valence-corrected chi connectivity index (χ1v) is 12.0. The van der Waals surface area contributed by atoms with Crippen LogP contribution in [0, 0.1) is 10.7 Å². The lowest BCUT2D eigenvalue weighted by Gasteiger charge is -2.17. The number of aryl methyl sites for hydroxylation is 1. The monoisotopic (exact) mass is 432 g/mol. The molecule has 0 fully saturated rings. The molecule has 8 heteroatoms. The fourth-order valence-corrected chi connectivity index (χ4v) is 4.95. The molecule has 154 valence electrons. The molecule has 0 heterocycles. The summed E-state index contributed by atoms with van der Waals surface area (Å²) in [6.45, 7) is 6.16. The van der Waals surface area contributed by atoms with Crippen LogP contribution in [0.15, 0.2) is 47.4 Å². The molecule has 0 aliphatic heterocycles. The quantitative estimate of drug-likeness (QED) is 0.288. The first-order valence-electron chi connectivity index (χ1n) is 9.42. The van der Waals surface area contributed by atoms with Gasteiger partial charge in [0.2, 0.25) is 0 Å². The molecule has 6 nitrogen and oxygen atoms in total. The lowest BCUT2D eigenvalue weighted by atomic mass is 10.1. The molecule has 0 aromatic heterocycles. The van der Waals surface area contributed by atoms with Crippen LogP contribution < -0.4 is 5.32 Å². The van der Waals surface area contributed by atoms with Crippen LogP contribution in [0.4, 0.5) is 5.69 Å². The van der Waals surface area contributed by atoms with E-state index >= 15 is 0 Å². The Morgan fingerprint density at radius 1 is 1.10 bits per heavy atom. The molecular formula is C21H25N2O4PS. The van der Waals surface area contributed by atoms with Crippen molar-refractivity contribution in [3.8, 4) is 5.40 Å². The zero-order chi connectivity index (χ0) is 21.3. The van der Waals surface area contributed by atoms with E-state index in [1.165, 1.54) is 0 Å². The van der Waals surface area contributed by atoms with E-state index in [4.69, 9.17) is 14.3 Å². The normalized spacial score (nSPS) is 11.1. The van der Waals surface area contributed by atoms with Crippen molar-refractivity contribution >= 4 is 31.0 Å². The third-order valence-corrected chi connectivity index (χ3v) is 6.75. The number of hydrogen-bond acceptors (Lipinski definition) is 6. The van der Waals surface area contributed by atoms with Crippen molar-refractivity contribution in [2.24, 2.45) is 0 Å². The van der Waals surface area contributed by atoms with Gasteiger partial charge in [0, 0.05) is 16.1 Å². The maximum Gasteiger partial charge on any atom is 0.335 e. The summed E-state index contributed by atoms with van der Waals surface area (Å²) in [4.78, 5) is 13.5. The van der Waals surface area contributed by atoms with E-state index in [0.717, 1.165) is 39.9 Å². The average molecular weight is 432 g/mol. The highest BCUT2D eigenvalue weighted by molar-refractivity contribution is 8.03. The van der Waals surface area contributed by atoms with E-state index in [0.29, 0.717) is 18.8 Å². The van der Waals surface area contributed by atoms with Crippen molar-refractivity contribution in [1.82, 2.24) is 0 Å². The molecule has 2 aromatic rings. The van der Waals surface area contributed by atoms with Crippen LogP contribution in [-0.4, -0.2) is 19.1 Å². The maximum absolute atomic E-state index is 12.6. The Hall–Kier alpha value is -2.10. The van der Waals surface area contributed by atoms with E-state index in [9.17, 15) is 9.36 Å². The van der Waals surface area contributed by atoms with Crippen molar-refractivity contribution in [3.05, 3.63) is 59.2 Å². The van der Waals surface area contributed by atoms with Gasteiger partial charge in [0.1, 0.15) is 5.40 Å². The summed E-state index contributed by atoms with van der Waals surface area (Å²) in [5.41, 5.74) is 2.96. The molecule has 0 radical (unpaired) electrons. The topological polar surface area (TPSA) is 88.4 Å². The maximum atomic E-state index is 12.6. The van der Waals surface area contributed by atoms with Crippen LogP contribution in [0.25, 0.3) is 0 Å². The van der Waals surface area contributed by atoms with Gasteiger partial charge in [0.05, 0.1) is 19.4 Å². The lowest BCUT2D eigenvalue weighted by molar-refractivity contribution is 0.102. The molecule has 1 amide bonds. The first-order chi connectivity index (χ1) is 13.9. The Kier molecular flexibility index (Phi) is 8.94. The smallest absolute Gasteiger partial charge is 0.322 e. The minimum atomic E-state index is -3.18. The van der Waals surface area contributed by atoms with Crippen LogP contribution in [0.5, 0.6) is 0 Å². The van der Waals surface area contributed by atoms with Gasteiger partial charge in [-0.15, -0.1) is 0 Å². The molecule has 29 heavy (non-hydrogen) atoms. The number of carbonyl (C=O) groups is 1. The van der Waals surface area contributed by atoms with E-state index < -0.39 is 7.60 Å². The first kappa shape index (κ1) is 23.2. The second-order valence-electron chi connectivity index (χ2n) is 6.12. The number of amides is 1.